The predicted molar refractivity (Wildman–Crippen MR) is 82.0 cm³/mol. The van der Waals surface area contributed by atoms with Crippen molar-refractivity contribution in [3.05, 3.63) is 30.3 Å². The zero-order chi connectivity index (χ0) is 14.7. The maximum atomic E-state index is 12.5. The summed E-state index contributed by atoms with van der Waals surface area (Å²) < 4.78 is 0. The highest BCUT2D eigenvalue weighted by Gasteiger charge is 2.37. The number of carbonyl (C=O) groups excluding carboxylic acids is 2. The van der Waals surface area contributed by atoms with Crippen LogP contribution in [0.15, 0.2) is 30.3 Å². The maximum absolute atomic E-state index is 12.5. The molecule has 3 rings (SSSR count). The molecule has 0 radical (unpaired) electrons. The Morgan fingerprint density at radius 2 is 1.76 bits per heavy atom. The number of hydrogen-bond donors (Lipinski definition) is 1. The average Bonchev–Trinajstić information content (AvgIpc) is 2.91. The van der Waals surface area contributed by atoms with Crippen molar-refractivity contribution in [3.8, 4) is 0 Å². The molecule has 0 bridgehead atoms. The van der Waals surface area contributed by atoms with Gasteiger partial charge in [0.2, 0.25) is 11.8 Å². The van der Waals surface area contributed by atoms with Crippen molar-refractivity contribution in [1.82, 2.24) is 5.32 Å². The Hall–Kier alpha value is -1.84. The van der Waals surface area contributed by atoms with Crippen LogP contribution in [0, 0.1) is 0 Å². The lowest BCUT2D eigenvalue weighted by Crippen LogP contribution is -2.48. The van der Waals surface area contributed by atoms with E-state index in [4.69, 9.17) is 0 Å². The Morgan fingerprint density at radius 3 is 2.48 bits per heavy atom. The monoisotopic (exact) mass is 286 g/mol. The van der Waals surface area contributed by atoms with E-state index in [-0.39, 0.29) is 17.9 Å². The molecule has 1 unspecified atom stereocenters. The SMILES string of the molecule is O=C(NC1CCCCC1)C1CCC(=O)N1c1ccccc1. The van der Waals surface area contributed by atoms with Gasteiger partial charge in [0.25, 0.3) is 0 Å². The predicted octanol–water partition coefficient (Wildman–Crippen LogP) is 2.63. The molecule has 2 fully saturated rings. The number of anilines is 1. The van der Waals surface area contributed by atoms with Gasteiger partial charge < -0.3 is 5.32 Å². The number of amides is 2. The van der Waals surface area contributed by atoms with E-state index in [1.54, 1.807) is 4.90 Å². The Morgan fingerprint density at radius 1 is 1.05 bits per heavy atom. The molecule has 0 aromatic heterocycles. The molecule has 1 saturated carbocycles. The second-order valence-electron chi connectivity index (χ2n) is 6.00. The van der Waals surface area contributed by atoms with Crippen LogP contribution >= 0.6 is 0 Å². The molecule has 1 atom stereocenters. The molecule has 1 saturated heterocycles. The molecule has 4 nitrogen and oxygen atoms in total. The van der Waals surface area contributed by atoms with E-state index in [9.17, 15) is 9.59 Å². The largest absolute Gasteiger partial charge is 0.352 e. The number of rotatable bonds is 3. The molecule has 2 aliphatic rings. The summed E-state index contributed by atoms with van der Waals surface area (Å²) in [6, 6.07) is 9.45. The maximum Gasteiger partial charge on any atom is 0.243 e. The Balaban J connectivity index is 1.71. The standard InChI is InChI=1S/C17H22N2O2/c20-16-12-11-15(19(16)14-9-5-2-6-10-14)17(21)18-13-7-3-1-4-8-13/h2,5-6,9-10,13,15H,1,3-4,7-8,11-12H2,(H,18,21). The topological polar surface area (TPSA) is 49.4 Å². The van der Waals surface area contributed by atoms with Gasteiger partial charge in [-0.1, -0.05) is 37.5 Å². The minimum Gasteiger partial charge on any atom is -0.352 e. The third-order valence-electron chi connectivity index (χ3n) is 4.50. The molecule has 1 aromatic rings. The first kappa shape index (κ1) is 14.1. The summed E-state index contributed by atoms with van der Waals surface area (Å²) in [7, 11) is 0. The fourth-order valence-corrected chi connectivity index (χ4v) is 3.39. The lowest BCUT2D eigenvalue weighted by atomic mass is 9.95. The fourth-order valence-electron chi connectivity index (χ4n) is 3.39. The van der Waals surface area contributed by atoms with Gasteiger partial charge in [-0.15, -0.1) is 0 Å². The Kier molecular flexibility index (Phi) is 4.23. The highest BCUT2D eigenvalue weighted by Crippen LogP contribution is 2.27. The molecule has 1 aliphatic carbocycles. The van der Waals surface area contributed by atoms with Crippen molar-refractivity contribution in [2.45, 2.75) is 57.0 Å². The summed E-state index contributed by atoms with van der Waals surface area (Å²) in [5, 5.41) is 3.15. The number of nitrogens with zero attached hydrogens (tertiary/aromatic N) is 1. The molecular formula is C17H22N2O2. The summed E-state index contributed by atoms with van der Waals surface area (Å²) >= 11 is 0. The van der Waals surface area contributed by atoms with E-state index in [0.717, 1.165) is 18.5 Å². The van der Waals surface area contributed by atoms with Gasteiger partial charge in [0.05, 0.1) is 0 Å². The first-order chi connectivity index (χ1) is 10.3. The number of nitrogens with one attached hydrogen (secondary N) is 1. The molecule has 1 aliphatic heterocycles. The number of hydrogen-bond acceptors (Lipinski definition) is 2. The highest BCUT2D eigenvalue weighted by molar-refractivity contribution is 6.03. The van der Waals surface area contributed by atoms with Crippen LogP contribution in [0.1, 0.15) is 44.9 Å². The third kappa shape index (κ3) is 3.09. The van der Waals surface area contributed by atoms with Gasteiger partial charge in [-0.3, -0.25) is 14.5 Å². The summed E-state index contributed by atoms with van der Waals surface area (Å²) in [4.78, 5) is 26.3. The van der Waals surface area contributed by atoms with Crippen LogP contribution in [-0.2, 0) is 9.59 Å². The highest BCUT2D eigenvalue weighted by atomic mass is 16.2. The Labute approximate surface area is 125 Å². The number of benzene rings is 1. The van der Waals surface area contributed by atoms with Gasteiger partial charge in [0.15, 0.2) is 0 Å². The van der Waals surface area contributed by atoms with Crippen molar-refractivity contribution in [3.63, 3.8) is 0 Å². The minimum atomic E-state index is -0.346. The lowest BCUT2D eigenvalue weighted by molar-refractivity contribution is -0.124. The van der Waals surface area contributed by atoms with Crippen LogP contribution in [0.4, 0.5) is 5.69 Å². The lowest BCUT2D eigenvalue weighted by Gasteiger charge is -2.28. The summed E-state index contributed by atoms with van der Waals surface area (Å²) in [6.45, 7) is 0. The number of para-hydroxylation sites is 1. The molecule has 1 N–H and O–H groups in total. The van der Waals surface area contributed by atoms with Gasteiger partial charge in [0.1, 0.15) is 6.04 Å². The zero-order valence-corrected chi connectivity index (χ0v) is 12.3. The second kappa shape index (κ2) is 6.29. The van der Waals surface area contributed by atoms with Gasteiger partial charge in [0, 0.05) is 18.2 Å². The smallest absolute Gasteiger partial charge is 0.243 e. The van der Waals surface area contributed by atoms with E-state index in [2.05, 4.69) is 5.32 Å². The van der Waals surface area contributed by atoms with E-state index in [1.807, 2.05) is 30.3 Å². The van der Waals surface area contributed by atoms with Crippen LogP contribution in [-0.4, -0.2) is 23.9 Å². The minimum absolute atomic E-state index is 0.0107. The van der Waals surface area contributed by atoms with Crippen molar-refractivity contribution in [1.29, 1.82) is 0 Å². The van der Waals surface area contributed by atoms with Gasteiger partial charge in [-0.25, -0.2) is 0 Å². The van der Waals surface area contributed by atoms with Crippen molar-refractivity contribution < 1.29 is 9.59 Å². The van der Waals surface area contributed by atoms with Crippen molar-refractivity contribution in [2.75, 3.05) is 4.90 Å². The van der Waals surface area contributed by atoms with Gasteiger partial charge >= 0.3 is 0 Å². The summed E-state index contributed by atoms with van der Waals surface area (Å²) in [5.41, 5.74) is 0.823. The molecule has 1 aromatic carbocycles. The molecule has 112 valence electrons. The van der Waals surface area contributed by atoms with E-state index >= 15 is 0 Å². The van der Waals surface area contributed by atoms with Crippen LogP contribution in [0.2, 0.25) is 0 Å². The molecule has 1 heterocycles. The summed E-state index contributed by atoms with van der Waals surface area (Å²) in [5.74, 6) is 0.0570. The fraction of sp³-hybridized carbons (Fsp3) is 0.529. The van der Waals surface area contributed by atoms with Crippen LogP contribution in [0.25, 0.3) is 0 Å². The molecular weight excluding hydrogens is 264 g/mol. The van der Waals surface area contributed by atoms with Crippen molar-refractivity contribution in [2.24, 2.45) is 0 Å². The average molecular weight is 286 g/mol. The number of carbonyl (C=O) groups is 2. The second-order valence-corrected chi connectivity index (χ2v) is 6.00. The van der Waals surface area contributed by atoms with Gasteiger partial charge in [-0.2, -0.15) is 0 Å². The quantitative estimate of drug-likeness (QED) is 0.928. The van der Waals surface area contributed by atoms with E-state index < -0.39 is 0 Å². The Bertz CT molecular complexity index is 509. The zero-order valence-electron chi connectivity index (χ0n) is 12.3. The first-order valence-corrected chi connectivity index (χ1v) is 7.93. The first-order valence-electron chi connectivity index (χ1n) is 7.93. The molecule has 2 amide bonds. The van der Waals surface area contributed by atoms with Gasteiger partial charge in [-0.05, 0) is 31.4 Å². The normalized spacial score (nSPS) is 23.3. The molecule has 0 spiro atoms. The molecule has 21 heavy (non-hydrogen) atoms. The molecule has 4 heteroatoms. The third-order valence-corrected chi connectivity index (χ3v) is 4.50. The van der Waals surface area contributed by atoms with Crippen LogP contribution < -0.4 is 10.2 Å². The van der Waals surface area contributed by atoms with E-state index in [1.165, 1.54) is 19.3 Å². The van der Waals surface area contributed by atoms with Crippen LogP contribution in [0.3, 0.4) is 0 Å². The van der Waals surface area contributed by atoms with Crippen molar-refractivity contribution >= 4 is 17.5 Å². The van der Waals surface area contributed by atoms with Crippen LogP contribution in [0.5, 0.6) is 0 Å². The van der Waals surface area contributed by atoms with E-state index in [0.29, 0.717) is 18.9 Å². The summed E-state index contributed by atoms with van der Waals surface area (Å²) in [6.07, 6.45) is 6.86.